The van der Waals surface area contributed by atoms with Gasteiger partial charge < -0.3 is 9.47 Å². The molecule has 4 nitrogen and oxygen atoms in total. The highest BCUT2D eigenvalue weighted by atomic mass is 16.7. The predicted molar refractivity (Wildman–Crippen MR) is 72.5 cm³/mol. The molecule has 1 saturated carbocycles. The summed E-state index contributed by atoms with van der Waals surface area (Å²) in [6.45, 7) is 1.95. The normalized spacial score (nSPS) is 20.8. The van der Waals surface area contributed by atoms with E-state index in [0.717, 1.165) is 24.0 Å². The van der Waals surface area contributed by atoms with E-state index in [-0.39, 0.29) is 5.57 Å². The van der Waals surface area contributed by atoms with Crippen molar-refractivity contribution in [3.63, 3.8) is 0 Å². The van der Waals surface area contributed by atoms with Gasteiger partial charge in [0.2, 0.25) is 0 Å². The Morgan fingerprint density at radius 2 is 1.75 bits per heavy atom. The fourth-order valence-corrected chi connectivity index (χ4v) is 2.71. The molecule has 0 N–H and O–H groups in total. The van der Waals surface area contributed by atoms with Crippen LogP contribution in [0.15, 0.2) is 29.8 Å². The van der Waals surface area contributed by atoms with Crippen LogP contribution >= 0.6 is 0 Å². The van der Waals surface area contributed by atoms with Gasteiger partial charge in [0.15, 0.2) is 0 Å². The Bertz CT molecular complexity index is 572. The molecule has 1 aliphatic carbocycles. The molecule has 1 aliphatic heterocycles. The van der Waals surface area contributed by atoms with Gasteiger partial charge >= 0.3 is 11.9 Å². The number of hydrogen-bond donors (Lipinski definition) is 0. The van der Waals surface area contributed by atoms with Crippen LogP contribution in [0, 0.1) is 6.92 Å². The maximum absolute atomic E-state index is 12.1. The Hall–Kier alpha value is -2.10. The average molecular weight is 272 g/mol. The van der Waals surface area contributed by atoms with E-state index in [1.165, 1.54) is 6.08 Å². The maximum Gasteiger partial charge on any atom is 0.348 e. The van der Waals surface area contributed by atoms with Crippen molar-refractivity contribution in [3.05, 3.63) is 41.0 Å². The molecule has 0 unspecified atom stereocenters. The molecule has 3 rings (SSSR count). The third kappa shape index (κ3) is 2.33. The van der Waals surface area contributed by atoms with E-state index in [9.17, 15) is 9.59 Å². The third-order valence-electron chi connectivity index (χ3n) is 3.72. The lowest BCUT2D eigenvalue weighted by Crippen LogP contribution is -2.44. The Morgan fingerprint density at radius 3 is 2.35 bits per heavy atom. The SMILES string of the molecule is Cc1cccc(C=C2C(=O)OC3(CCCC3)OC2=O)c1. The molecule has 1 heterocycles. The molecule has 0 atom stereocenters. The molecule has 1 aromatic rings. The second-order valence-corrected chi connectivity index (χ2v) is 5.37. The minimum absolute atomic E-state index is 0.0341. The lowest BCUT2D eigenvalue weighted by molar-refractivity contribution is -0.232. The van der Waals surface area contributed by atoms with Gasteiger partial charge in [-0.2, -0.15) is 0 Å². The molecule has 104 valence electrons. The first kappa shape index (κ1) is 12.9. The third-order valence-corrected chi connectivity index (χ3v) is 3.72. The average Bonchev–Trinajstić information content (AvgIpc) is 2.82. The number of hydrogen-bond acceptors (Lipinski definition) is 4. The van der Waals surface area contributed by atoms with Crippen LogP contribution in [0.1, 0.15) is 36.8 Å². The molecular weight excluding hydrogens is 256 g/mol. The highest BCUT2D eigenvalue weighted by Gasteiger charge is 2.47. The van der Waals surface area contributed by atoms with Gasteiger partial charge in [-0.05, 0) is 31.4 Å². The summed E-state index contributed by atoms with van der Waals surface area (Å²) in [7, 11) is 0. The zero-order valence-corrected chi connectivity index (χ0v) is 11.3. The Morgan fingerprint density at radius 1 is 1.10 bits per heavy atom. The topological polar surface area (TPSA) is 52.6 Å². The van der Waals surface area contributed by atoms with Gasteiger partial charge in [0.25, 0.3) is 5.79 Å². The molecule has 1 aromatic carbocycles. The Labute approximate surface area is 117 Å². The number of ether oxygens (including phenoxy) is 2. The van der Waals surface area contributed by atoms with Gasteiger partial charge in [-0.15, -0.1) is 0 Å². The molecule has 1 saturated heterocycles. The number of rotatable bonds is 1. The van der Waals surface area contributed by atoms with Gasteiger partial charge in [0.05, 0.1) is 0 Å². The zero-order valence-electron chi connectivity index (χ0n) is 11.3. The standard InChI is InChI=1S/C16H16O4/c1-11-5-4-6-12(9-11)10-13-14(17)19-16(20-15(13)18)7-2-3-8-16/h4-6,9-10H,2-3,7-8H2,1H3. The summed E-state index contributed by atoms with van der Waals surface area (Å²) in [5.74, 6) is -2.16. The summed E-state index contributed by atoms with van der Waals surface area (Å²) < 4.78 is 10.7. The minimum atomic E-state index is -1.00. The molecule has 2 aliphatic rings. The van der Waals surface area contributed by atoms with Crippen LogP contribution in [0.3, 0.4) is 0 Å². The van der Waals surface area contributed by atoms with Gasteiger partial charge in [-0.25, -0.2) is 9.59 Å². The van der Waals surface area contributed by atoms with Crippen LogP contribution in [-0.4, -0.2) is 17.7 Å². The second kappa shape index (κ2) is 4.78. The summed E-state index contributed by atoms with van der Waals surface area (Å²) in [5, 5.41) is 0. The first-order valence-electron chi connectivity index (χ1n) is 6.83. The number of carbonyl (C=O) groups excluding carboxylic acids is 2. The van der Waals surface area contributed by atoms with E-state index >= 15 is 0 Å². The van der Waals surface area contributed by atoms with Gasteiger partial charge in [-0.3, -0.25) is 0 Å². The highest BCUT2D eigenvalue weighted by Crippen LogP contribution is 2.38. The fraction of sp³-hybridized carbons (Fsp3) is 0.375. The van der Waals surface area contributed by atoms with Crippen molar-refractivity contribution in [2.45, 2.75) is 38.4 Å². The molecule has 0 amide bonds. The minimum Gasteiger partial charge on any atom is -0.419 e. The van der Waals surface area contributed by atoms with Crippen molar-refractivity contribution in [2.24, 2.45) is 0 Å². The van der Waals surface area contributed by atoms with Crippen molar-refractivity contribution in [1.29, 1.82) is 0 Å². The largest absolute Gasteiger partial charge is 0.419 e. The zero-order chi connectivity index (χ0) is 14.2. The van der Waals surface area contributed by atoms with E-state index in [1.54, 1.807) is 0 Å². The van der Waals surface area contributed by atoms with Crippen LogP contribution in [0.2, 0.25) is 0 Å². The quantitative estimate of drug-likeness (QED) is 0.448. The molecule has 2 fully saturated rings. The Balaban J connectivity index is 1.88. The van der Waals surface area contributed by atoms with E-state index in [2.05, 4.69) is 0 Å². The van der Waals surface area contributed by atoms with Gasteiger partial charge in [0.1, 0.15) is 5.57 Å². The molecule has 4 heteroatoms. The van der Waals surface area contributed by atoms with Crippen LogP contribution in [0.25, 0.3) is 6.08 Å². The molecule has 0 radical (unpaired) electrons. The summed E-state index contributed by atoms with van der Waals surface area (Å²) in [4.78, 5) is 24.1. The molecule has 20 heavy (non-hydrogen) atoms. The second-order valence-electron chi connectivity index (χ2n) is 5.37. The maximum atomic E-state index is 12.1. The van der Waals surface area contributed by atoms with E-state index in [1.807, 2.05) is 31.2 Å². The van der Waals surface area contributed by atoms with Gasteiger partial charge in [-0.1, -0.05) is 29.8 Å². The van der Waals surface area contributed by atoms with Gasteiger partial charge in [0, 0.05) is 12.8 Å². The van der Waals surface area contributed by atoms with E-state index in [0.29, 0.717) is 12.8 Å². The summed E-state index contributed by atoms with van der Waals surface area (Å²) in [6, 6.07) is 7.56. The molecule has 1 spiro atoms. The number of aryl methyl sites for hydroxylation is 1. The summed E-state index contributed by atoms with van der Waals surface area (Å²) >= 11 is 0. The van der Waals surface area contributed by atoms with Crippen LogP contribution < -0.4 is 0 Å². The number of esters is 2. The predicted octanol–water partition coefficient (Wildman–Crippen LogP) is 2.75. The van der Waals surface area contributed by atoms with Crippen LogP contribution in [0.5, 0.6) is 0 Å². The lowest BCUT2D eigenvalue weighted by Gasteiger charge is -2.32. The van der Waals surface area contributed by atoms with Crippen molar-refractivity contribution < 1.29 is 19.1 Å². The van der Waals surface area contributed by atoms with E-state index in [4.69, 9.17) is 9.47 Å². The molecular formula is C16H16O4. The van der Waals surface area contributed by atoms with E-state index < -0.39 is 17.7 Å². The summed E-state index contributed by atoms with van der Waals surface area (Å²) in [5.41, 5.74) is 1.81. The lowest BCUT2D eigenvalue weighted by atomic mass is 10.1. The summed E-state index contributed by atoms with van der Waals surface area (Å²) in [6.07, 6.45) is 4.55. The smallest absolute Gasteiger partial charge is 0.348 e. The first-order chi connectivity index (χ1) is 9.58. The monoisotopic (exact) mass is 272 g/mol. The van der Waals surface area contributed by atoms with Crippen molar-refractivity contribution in [1.82, 2.24) is 0 Å². The number of benzene rings is 1. The molecule has 0 aromatic heterocycles. The first-order valence-corrected chi connectivity index (χ1v) is 6.83. The number of carbonyl (C=O) groups is 2. The van der Waals surface area contributed by atoms with Crippen LogP contribution in [-0.2, 0) is 19.1 Å². The molecule has 0 bridgehead atoms. The fourth-order valence-electron chi connectivity index (χ4n) is 2.71. The Kier molecular flexibility index (Phi) is 3.08. The highest BCUT2D eigenvalue weighted by molar-refractivity contribution is 6.18. The van der Waals surface area contributed by atoms with Crippen molar-refractivity contribution in [2.75, 3.05) is 0 Å². The van der Waals surface area contributed by atoms with Crippen molar-refractivity contribution in [3.8, 4) is 0 Å². The van der Waals surface area contributed by atoms with Crippen LogP contribution in [0.4, 0.5) is 0 Å². The van der Waals surface area contributed by atoms with Crippen molar-refractivity contribution >= 4 is 18.0 Å².